The first-order chi connectivity index (χ1) is 12.6. The molecule has 1 aliphatic heterocycles. The van der Waals surface area contributed by atoms with Crippen LogP contribution in [0.1, 0.15) is 43.5 Å². The van der Waals surface area contributed by atoms with Gasteiger partial charge in [-0.2, -0.15) is 4.31 Å². The molecule has 1 atom stereocenters. The Morgan fingerprint density at radius 2 is 1.59 bits per heavy atom. The highest BCUT2D eigenvalue weighted by atomic mass is 32.2. The highest BCUT2D eigenvalue weighted by Crippen LogP contribution is 2.31. The van der Waals surface area contributed by atoms with Crippen LogP contribution in [0, 0.1) is 6.92 Å². The summed E-state index contributed by atoms with van der Waals surface area (Å²) < 4.78 is 27.9. The van der Waals surface area contributed by atoms with Gasteiger partial charge < -0.3 is 5.32 Å². The Kier molecular flexibility index (Phi) is 5.14. The molecule has 5 nitrogen and oxygen atoms in total. The second kappa shape index (κ2) is 7.09. The average molecular weight is 387 g/mol. The lowest BCUT2D eigenvalue weighted by atomic mass is 9.87. The van der Waals surface area contributed by atoms with Gasteiger partial charge in [-0.1, -0.05) is 62.7 Å². The van der Waals surface area contributed by atoms with Crippen molar-refractivity contribution in [1.29, 1.82) is 0 Å². The van der Waals surface area contributed by atoms with E-state index in [0.717, 1.165) is 11.1 Å². The van der Waals surface area contributed by atoms with Crippen LogP contribution in [0.3, 0.4) is 0 Å². The van der Waals surface area contributed by atoms with E-state index in [1.54, 1.807) is 12.1 Å². The Hall–Kier alpha value is -2.18. The molecule has 0 spiro atoms. The Labute approximate surface area is 161 Å². The number of piperazine rings is 1. The van der Waals surface area contributed by atoms with Crippen LogP contribution in [0.2, 0.25) is 0 Å². The van der Waals surface area contributed by atoms with Crippen molar-refractivity contribution >= 4 is 15.9 Å². The zero-order valence-electron chi connectivity index (χ0n) is 16.2. The maximum Gasteiger partial charge on any atom is 0.244 e. The second-order valence-corrected chi connectivity index (χ2v) is 9.88. The predicted molar refractivity (Wildman–Crippen MR) is 106 cm³/mol. The van der Waals surface area contributed by atoms with Crippen LogP contribution in [-0.2, 0) is 20.2 Å². The lowest BCUT2D eigenvalue weighted by Gasteiger charge is -2.34. The molecule has 3 rings (SSSR count). The van der Waals surface area contributed by atoms with E-state index < -0.39 is 16.1 Å². The van der Waals surface area contributed by atoms with E-state index >= 15 is 0 Å². The third kappa shape index (κ3) is 3.92. The number of nitrogens with zero attached hydrogens (tertiary/aromatic N) is 1. The number of amides is 1. The highest BCUT2D eigenvalue weighted by molar-refractivity contribution is 7.89. The van der Waals surface area contributed by atoms with E-state index in [-0.39, 0.29) is 22.8 Å². The van der Waals surface area contributed by atoms with Gasteiger partial charge in [0.05, 0.1) is 4.90 Å². The van der Waals surface area contributed by atoms with Gasteiger partial charge in [-0.3, -0.25) is 4.79 Å². The molecule has 0 aliphatic carbocycles. The summed E-state index contributed by atoms with van der Waals surface area (Å²) in [5, 5.41) is 2.78. The van der Waals surface area contributed by atoms with Crippen LogP contribution in [0.4, 0.5) is 0 Å². The molecule has 1 amide bonds. The van der Waals surface area contributed by atoms with Gasteiger partial charge in [0, 0.05) is 13.1 Å². The minimum atomic E-state index is -3.79. The van der Waals surface area contributed by atoms with Gasteiger partial charge in [-0.05, 0) is 35.6 Å². The molecule has 1 aliphatic rings. The first-order valence-electron chi connectivity index (χ1n) is 9.07. The SMILES string of the molecule is Cc1ccc(C2C(=O)NCCN2S(=O)(=O)c2ccc(C(C)(C)C)cc2)cc1. The van der Waals surface area contributed by atoms with Crippen molar-refractivity contribution in [2.45, 2.75) is 44.0 Å². The van der Waals surface area contributed by atoms with E-state index in [9.17, 15) is 13.2 Å². The molecule has 1 fully saturated rings. The Bertz CT molecular complexity index is 927. The number of carbonyl (C=O) groups is 1. The molecule has 1 unspecified atom stereocenters. The predicted octanol–water partition coefficient (Wildman–Crippen LogP) is 3.15. The van der Waals surface area contributed by atoms with Gasteiger partial charge in [0.25, 0.3) is 0 Å². The Morgan fingerprint density at radius 1 is 1.00 bits per heavy atom. The quantitative estimate of drug-likeness (QED) is 0.881. The third-order valence-corrected chi connectivity index (χ3v) is 6.77. The second-order valence-electron chi connectivity index (χ2n) is 7.99. The number of nitrogens with one attached hydrogen (secondary N) is 1. The fourth-order valence-electron chi connectivity index (χ4n) is 3.23. The third-order valence-electron chi connectivity index (χ3n) is 4.89. The molecule has 0 radical (unpaired) electrons. The molecule has 0 bridgehead atoms. The number of aryl methyl sites for hydroxylation is 1. The number of hydrogen-bond acceptors (Lipinski definition) is 3. The molecule has 1 saturated heterocycles. The summed E-state index contributed by atoms with van der Waals surface area (Å²) in [6.45, 7) is 8.75. The molecule has 0 aromatic heterocycles. The molecule has 144 valence electrons. The first-order valence-corrected chi connectivity index (χ1v) is 10.5. The maximum atomic E-state index is 13.3. The fourth-order valence-corrected chi connectivity index (χ4v) is 4.81. The van der Waals surface area contributed by atoms with Crippen LogP contribution >= 0.6 is 0 Å². The molecule has 1 N–H and O–H groups in total. The topological polar surface area (TPSA) is 66.5 Å². The van der Waals surface area contributed by atoms with Gasteiger partial charge >= 0.3 is 0 Å². The summed E-state index contributed by atoms with van der Waals surface area (Å²) in [4.78, 5) is 12.7. The zero-order valence-corrected chi connectivity index (χ0v) is 17.0. The Morgan fingerprint density at radius 3 is 2.15 bits per heavy atom. The van der Waals surface area contributed by atoms with Gasteiger partial charge in [0.15, 0.2) is 0 Å². The number of sulfonamides is 1. The van der Waals surface area contributed by atoms with Gasteiger partial charge in [0.2, 0.25) is 15.9 Å². The van der Waals surface area contributed by atoms with E-state index in [2.05, 4.69) is 26.1 Å². The largest absolute Gasteiger partial charge is 0.353 e. The standard InChI is InChI=1S/C21H26N2O3S/c1-15-5-7-16(8-6-15)19-20(24)22-13-14-23(19)27(25,26)18-11-9-17(10-12-18)21(2,3)4/h5-12,19H,13-14H2,1-4H3,(H,22,24). The fraction of sp³-hybridized carbons (Fsp3) is 0.381. The molecule has 27 heavy (non-hydrogen) atoms. The van der Waals surface area contributed by atoms with E-state index in [0.29, 0.717) is 12.1 Å². The minimum absolute atomic E-state index is 0.0578. The van der Waals surface area contributed by atoms with Crippen LogP contribution in [0.25, 0.3) is 0 Å². The van der Waals surface area contributed by atoms with Crippen LogP contribution < -0.4 is 5.32 Å². The number of carbonyl (C=O) groups excluding carboxylic acids is 1. The number of rotatable bonds is 3. The lowest BCUT2D eigenvalue weighted by molar-refractivity contribution is -0.126. The first kappa shape index (κ1) is 19.6. The van der Waals surface area contributed by atoms with Crippen LogP contribution in [0.5, 0.6) is 0 Å². The molecular formula is C21H26N2O3S. The van der Waals surface area contributed by atoms with Crippen molar-refractivity contribution in [3.8, 4) is 0 Å². The summed E-state index contributed by atoms with van der Waals surface area (Å²) in [5.74, 6) is -0.292. The van der Waals surface area contributed by atoms with Crippen molar-refractivity contribution < 1.29 is 13.2 Å². The van der Waals surface area contributed by atoms with Gasteiger partial charge in [-0.25, -0.2) is 8.42 Å². The van der Waals surface area contributed by atoms with Crippen LogP contribution in [0.15, 0.2) is 53.4 Å². The summed E-state index contributed by atoms with van der Waals surface area (Å²) in [5.41, 5.74) is 2.74. The molecule has 2 aromatic rings. The molecule has 2 aromatic carbocycles. The molecular weight excluding hydrogens is 360 g/mol. The van der Waals surface area contributed by atoms with E-state index in [4.69, 9.17) is 0 Å². The molecule has 6 heteroatoms. The van der Waals surface area contributed by atoms with Crippen molar-refractivity contribution in [2.75, 3.05) is 13.1 Å². The van der Waals surface area contributed by atoms with Crippen LogP contribution in [-0.4, -0.2) is 31.7 Å². The maximum absolute atomic E-state index is 13.3. The average Bonchev–Trinajstić information content (AvgIpc) is 2.62. The molecule has 1 heterocycles. The van der Waals surface area contributed by atoms with Crippen molar-refractivity contribution in [3.63, 3.8) is 0 Å². The summed E-state index contributed by atoms with van der Waals surface area (Å²) >= 11 is 0. The number of benzene rings is 2. The normalized spacial score (nSPS) is 19.0. The summed E-state index contributed by atoms with van der Waals surface area (Å²) in [6.07, 6.45) is 0. The van der Waals surface area contributed by atoms with Crippen molar-refractivity contribution in [1.82, 2.24) is 9.62 Å². The monoisotopic (exact) mass is 386 g/mol. The summed E-state index contributed by atoms with van der Waals surface area (Å²) in [7, 11) is -3.79. The van der Waals surface area contributed by atoms with E-state index in [1.165, 1.54) is 4.31 Å². The Balaban J connectivity index is 2.00. The smallest absolute Gasteiger partial charge is 0.244 e. The highest BCUT2D eigenvalue weighted by Gasteiger charge is 2.39. The minimum Gasteiger partial charge on any atom is -0.353 e. The lowest BCUT2D eigenvalue weighted by Crippen LogP contribution is -2.52. The zero-order chi connectivity index (χ0) is 19.8. The molecule has 0 saturated carbocycles. The van der Waals surface area contributed by atoms with Gasteiger partial charge in [0.1, 0.15) is 6.04 Å². The van der Waals surface area contributed by atoms with E-state index in [1.807, 2.05) is 43.3 Å². The summed E-state index contributed by atoms with van der Waals surface area (Å²) in [6, 6.07) is 13.5. The van der Waals surface area contributed by atoms with Crippen molar-refractivity contribution in [3.05, 3.63) is 65.2 Å². The number of hydrogen-bond donors (Lipinski definition) is 1. The van der Waals surface area contributed by atoms with Gasteiger partial charge in [-0.15, -0.1) is 0 Å². The van der Waals surface area contributed by atoms with Crippen molar-refractivity contribution in [2.24, 2.45) is 0 Å².